The SMILES string of the molecule is C=CC(=O)N1CCCC1c1cnc(N2CC(C3CN(C4CCOCC4)CCS3(=O)=O)C2C)c2cnc(Nc3ccnc(N4CC[C@@H](OC)[C@@H](F)C4)n3)cc12. The lowest BCUT2D eigenvalue weighted by Gasteiger charge is -2.52. The van der Waals surface area contributed by atoms with Crippen molar-refractivity contribution in [2.75, 3.05) is 80.5 Å². The van der Waals surface area contributed by atoms with Gasteiger partial charge in [0.1, 0.15) is 23.6 Å². The number of sulfone groups is 1. The molecule has 8 rings (SSSR count). The number of aromatic nitrogens is 4. The van der Waals surface area contributed by atoms with Gasteiger partial charge in [0.2, 0.25) is 11.9 Å². The fourth-order valence-corrected chi connectivity index (χ4v) is 11.2. The number of pyridine rings is 2. The monoisotopic (exact) mass is 763 g/mol. The minimum absolute atomic E-state index is 0.0291. The molecule has 1 N–H and O–H groups in total. The van der Waals surface area contributed by atoms with E-state index in [1.54, 1.807) is 18.5 Å². The fraction of sp³-hybridized carbons (Fsp3) is 0.605. The molecule has 290 valence electrons. The van der Waals surface area contributed by atoms with Crippen molar-refractivity contribution in [2.45, 2.75) is 74.7 Å². The number of likely N-dealkylation sites (tertiary alicyclic amines) is 1. The summed E-state index contributed by atoms with van der Waals surface area (Å²) in [6.07, 6.45) is 9.15. The molecule has 0 aromatic carbocycles. The molecule has 1 amide bonds. The topological polar surface area (TPSA) is 146 Å². The van der Waals surface area contributed by atoms with Gasteiger partial charge in [-0.15, -0.1) is 0 Å². The Morgan fingerprint density at radius 3 is 2.63 bits per heavy atom. The van der Waals surface area contributed by atoms with Gasteiger partial charge >= 0.3 is 0 Å². The molecular weight excluding hydrogens is 714 g/mol. The fourth-order valence-electron chi connectivity index (χ4n) is 9.17. The molecule has 0 aliphatic carbocycles. The van der Waals surface area contributed by atoms with E-state index in [1.807, 2.05) is 22.1 Å². The number of rotatable bonds is 9. The Balaban J connectivity index is 1.08. The number of piperidine rings is 1. The molecule has 4 unspecified atom stereocenters. The van der Waals surface area contributed by atoms with Crippen molar-refractivity contribution in [3.05, 3.63) is 48.9 Å². The average molecular weight is 764 g/mol. The third kappa shape index (κ3) is 7.01. The zero-order chi connectivity index (χ0) is 37.6. The van der Waals surface area contributed by atoms with Gasteiger partial charge in [0, 0.05) is 101 Å². The summed E-state index contributed by atoms with van der Waals surface area (Å²) in [5.41, 5.74) is 0.914. The van der Waals surface area contributed by atoms with E-state index in [2.05, 4.69) is 33.6 Å². The Kier molecular flexibility index (Phi) is 10.5. The van der Waals surface area contributed by atoms with Crippen LogP contribution in [0.4, 0.5) is 27.8 Å². The zero-order valence-electron chi connectivity index (χ0n) is 31.0. The second-order valence-electron chi connectivity index (χ2n) is 15.2. The minimum atomic E-state index is -3.25. The number of nitrogens with one attached hydrogen (secondary N) is 1. The maximum absolute atomic E-state index is 14.7. The van der Waals surface area contributed by atoms with Gasteiger partial charge in [-0.1, -0.05) is 6.58 Å². The molecule has 3 aromatic heterocycles. The van der Waals surface area contributed by atoms with Gasteiger partial charge in [-0.2, -0.15) is 4.98 Å². The normalized spacial score (nSPS) is 29.3. The first-order valence-electron chi connectivity index (χ1n) is 19.2. The number of amides is 1. The lowest BCUT2D eigenvalue weighted by Crippen LogP contribution is -2.65. The van der Waals surface area contributed by atoms with Crippen molar-refractivity contribution in [2.24, 2.45) is 5.92 Å². The summed E-state index contributed by atoms with van der Waals surface area (Å²) in [6, 6.07) is 3.83. The molecule has 0 spiro atoms. The van der Waals surface area contributed by atoms with Crippen LogP contribution in [-0.2, 0) is 24.1 Å². The van der Waals surface area contributed by atoms with Gasteiger partial charge < -0.3 is 29.5 Å². The maximum Gasteiger partial charge on any atom is 0.246 e. The van der Waals surface area contributed by atoms with E-state index in [0.29, 0.717) is 62.8 Å². The number of carbonyl (C=O) groups excluding carboxylic acids is 1. The van der Waals surface area contributed by atoms with E-state index in [9.17, 15) is 17.6 Å². The standard InChI is InChI=1S/C38H50FN9O5S/c1-4-36(49)47-12-5-6-31(47)27-19-42-37(48-21-29(24(48)2)33-23-45(14-17-54(33,50)51)25-9-15-53-16-10-25)28-20-41-35(18-26(27)28)43-34-7-11-40-38(44-34)46-13-8-32(52-3)30(39)22-46/h4,7,11,18-20,24-25,29-33H,1,5-6,8-10,12-17,21-23H2,2-3H3,(H,40,41,43,44)/t24?,29?,30-,31?,32+,33?/m0/s1. The summed E-state index contributed by atoms with van der Waals surface area (Å²) in [4.78, 5) is 40.1. The first-order chi connectivity index (χ1) is 26.1. The molecule has 14 nitrogen and oxygen atoms in total. The molecule has 3 aromatic rings. The Hall–Kier alpha value is -3.99. The third-order valence-corrected chi connectivity index (χ3v) is 14.5. The van der Waals surface area contributed by atoms with Crippen LogP contribution in [-0.4, -0.2) is 139 Å². The summed E-state index contributed by atoms with van der Waals surface area (Å²) in [5.74, 6) is 2.26. The lowest BCUT2D eigenvalue weighted by atomic mass is 9.85. The number of alkyl halides is 1. The molecule has 5 aliphatic rings. The van der Waals surface area contributed by atoms with Gasteiger partial charge in [0.05, 0.1) is 29.7 Å². The van der Waals surface area contributed by atoms with Crippen LogP contribution in [0.15, 0.2) is 43.4 Å². The first-order valence-corrected chi connectivity index (χ1v) is 20.9. The summed E-state index contributed by atoms with van der Waals surface area (Å²) in [6.45, 7) is 10.3. The van der Waals surface area contributed by atoms with Crippen molar-refractivity contribution >= 4 is 49.9 Å². The second kappa shape index (κ2) is 15.3. The summed E-state index contributed by atoms with van der Waals surface area (Å²) >= 11 is 0. The van der Waals surface area contributed by atoms with Crippen LogP contribution in [0.2, 0.25) is 0 Å². The van der Waals surface area contributed by atoms with Crippen LogP contribution in [0, 0.1) is 5.92 Å². The van der Waals surface area contributed by atoms with Gasteiger partial charge in [0.15, 0.2) is 9.84 Å². The van der Waals surface area contributed by atoms with E-state index in [1.165, 1.54) is 13.2 Å². The molecule has 0 saturated carbocycles. The van der Waals surface area contributed by atoms with E-state index < -0.39 is 27.4 Å². The summed E-state index contributed by atoms with van der Waals surface area (Å²) in [5, 5.41) is 4.62. The lowest BCUT2D eigenvalue weighted by molar-refractivity contribution is -0.126. The van der Waals surface area contributed by atoms with Gasteiger partial charge in [-0.05, 0) is 62.6 Å². The predicted octanol–water partition coefficient (Wildman–Crippen LogP) is 3.68. The number of fused-ring (bicyclic) bond motifs is 1. The van der Waals surface area contributed by atoms with Crippen LogP contribution >= 0.6 is 0 Å². The van der Waals surface area contributed by atoms with Crippen LogP contribution < -0.4 is 15.1 Å². The Morgan fingerprint density at radius 1 is 1.04 bits per heavy atom. The van der Waals surface area contributed by atoms with Crippen LogP contribution in [0.3, 0.4) is 0 Å². The van der Waals surface area contributed by atoms with Gasteiger partial charge in [-0.25, -0.2) is 27.8 Å². The second-order valence-corrected chi connectivity index (χ2v) is 17.6. The zero-order valence-corrected chi connectivity index (χ0v) is 31.8. The Bertz CT molecular complexity index is 1980. The van der Waals surface area contributed by atoms with Crippen molar-refractivity contribution in [3.8, 4) is 0 Å². The highest BCUT2D eigenvalue weighted by atomic mass is 32.2. The minimum Gasteiger partial charge on any atom is -0.381 e. The molecule has 5 saturated heterocycles. The molecule has 54 heavy (non-hydrogen) atoms. The highest BCUT2D eigenvalue weighted by molar-refractivity contribution is 7.92. The van der Waals surface area contributed by atoms with Crippen molar-refractivity contribution < 1.29 is 27.1 Å². The highest BCUT2D eigenvalue weighted by Gasteiger charge is 2.49. The molecule has 5 aliphatic heterocycles. The van der Waals surface area contributed by atoms with Crippen molar-refractivity contribution in [1.82, 2.24) is 29.7 Å². The van der Waals surface area contributed by atoms with E-state index >= 15 is 0 Å². The molecule has 6 atom stereocenters. The predicted molar refractivity (Wildman–Crippen MR) is 205 cm³/mol. The van der Waals surface area contributed by atoms with Gasteiger partial charge in [0.25, 0.3) is 0 Å². The number of hydrogen-bond acceptors (Lipinski definition) is 13. The van der Waals surface area contributed by atoms with Crippen LogP contribution in [0.25, 0.3) is 10.8 Å². The van der Waals surface area contributed by atoms with Gasteiger partial charge in [-0.3, -0.25) is 9.69 Å². The number of nitrogens with zero attached hydrogens (tertiary/aromatic N) is 8. The van der Waals surface area contributed by atoms with Crippen molar-refractivity contribution in [1.29, 1.82) is 0 Å². The largest absolute Gasteiger partial charge is 0.381 e. The first kappa shape index (κ1) is 37.0. The molecule has 5 fully saturated rings. The maximum atomic E-state index is 14.7. The van der Waals surface area contributed by atoms with Crippen LogP contribution in [0.5, 0.6) is 0 Å². The van der Waals surface area contributed by atoms with E-state index in [-0.39, 0.29) is 36.2 Å². The Morgan fingerprint density at radius 2 is 1.87 bits per heavy atom. The molecular formula is C38H50FN9O5S. The summed E-state index contributed by atoms with van der Waals surface area (Å²) < 4.78 is 52.6. The number of carbonyl (C=O) groups is 1. The third-order valence-electron chi connectivity index (χ3n) is 12.3. The molecule has 0 radical (unpaired) electrons. The number of hydrogen-bond donors (Lipinski definition) is 1. The quantitative estimate of drug-likeness (QED) is 0.317. The smallest absolute Gasteiger partial charge is 0.246 e. The average Bonchev–Trinajstić information content (AvgIpc) is 3.68. The number of anilines is 4. The highest BCUT2D eigenvalue weighted by Crippen LogP contribution is 2.43. The molecule has 8 heterocycles. The summed E-state index contributed by atoms with van der Waals surface area (Å²) in [7, 11) is -1.72. The molecule has 0 bridgehead atoms. The number of ether oxygens (including phenoxy) is 2. The van der Waals surface area contributed by atoms with E-state index in [4.69, 9.17) is 24.4 Å². The molecule has 16 heteroatoms. The Labute approximate surface area is 316 Å². The van der Waals surface area contributed by atoms with E-state index in [0.717, 1.165) is 61.1 Å². The van der Waals surface area contributed by atoms with Crippen molar-refractivity contribution in [3.63, 3.8) is 0 Å². The number of halogens is 1. The van der Waals surface area contributed by atoms with Crippen LogP contribution in [0.1, 0.15) is 50.6 Å². The number of methoxy groups -OCH3 is 1.